The third-order valence-corrected chi connectivity index (χ3v) is 3.18. The number of ether oxygens (including phenoxy) is 1. The molecule has 0 unspecified atom stereocenters. The Balaban J connectivity index is 2.96. The number of hydrogen-bond acceptors (Lipinski definition) is 2. The Labute approximate surface area is 104 Å². The number of benzene rings is 1. The average Bonchev–Trinajstić information content (AvgIpc) is 2.23. The van der Waals surface area contributed by atoms with E-state index in [0.717, 1.165) is 4.47 Å². The van der Waals surface area contributed by atoms with Crippen LogP contribution in [-0.2, 0) is 11.2 Å². The highest BCUT2D eigenvalue weighted by molar-refractivity contribution is 9.10. The predicted octanol–water partition coefficient (Wildman–Crippen LogP) is 3.26. The summed E-state index contributed by atoms with van der Waals surface area (Å²) < 4.78 is 17.6. The Hall–Kier alpha value is -0.420. The predicted molar refractivity (Wildman–Crippen MR) is 63.3 cm³/mol. The van der Waals surface area contributed by atoms with E-state index in [1.54, 1.807) is 18.2 Å². The summed E-state index contributed by atoms with van der Waals surface area (Å²) in [5.74, 6) is 0.423. The van der Waals surface area contributed by atoms with Crippen LogP contribution in [0.2, 0.25) is 0 Å². The molecule has 0 atom stereocenters. The molecule has 0 saturated carbocycles. The molecule has 1 rings (SSSR count). The van der Waals surface area contributed by atoms with Crippen LogP contribution in [0.3, 0.4) is 0 Å². The van der Waals surface area contributed by atoms with Gasteiger partial charge in [-0.05, 0) is 12.1 Å². The molecule has 1 aromatic rings. The highest BCUT2D eigenvalue weighted by Crippen LogP contribution is 2.27. The van der Waals surface area contributed by atoms with Gasteiger partial charge < -0.3 is 4.74 Å². The SMILES string of the molecule is O=C(CBr)Cc1c(Br)cccc1OCF. The van der Waals surface area contributed by atoms with Crippen molar-refractivity contribution in [2.45, 2.75) is 6.42 Å². The summed E-state index contributed by atoms with van der Waals surface area (Å²) in [5, 5.41) is 0.281. The van der Waals surface area contributed by atoms with Crippen molar-refractivity contribution in [3.05, 3.63) is 28.2 Å². The smallest absolute Gasteiger partial charge is 0.228 e. The molecule has 0 aliphatic rings. The first-order valence-electron chi connectivity index (χ1n) is 4.23. The van der Waals surface area contributed by atoms with Gasteiger partial charge in [-0.3, -0.25) is 4.79 Å². The summed E-state index contributed by atoms with van der Waals surface area (Å²) in [7, 11) is 0. The maximum Gasteiger partial charge on any atom is 0.228 e. The van der Waals surface area contributed by atoms with Gasteiger partial charge in [0.1, 0.15) is 11.5 Å². The van der Waals surface area contributed by atoms with Gasteiger partial charge in [-0.1, -0.05) is 37.9 Å². The second-order valence-electron chi connectivity index (χ2n) is 2.82. The zero-order valence-corrected chi connectivity index (χ0v) is 11.0. The van der Waals surface area contributed by atoms with Crippen LogP contribution in [0.15, 0.2) is 22.7 Å². The minimum atomic E-state index is -0.897. The van der Waals surface area contributed by atoms with Crippen molar-refractivity contribution in [2.24, 2.45) is 0 Å². The fourth-order valence-corrected chi connectivity index (χ4v) is 1.84. The Bertz CT molecular complexity index is 355. The summed E-state index contributed by atoms with van der Waals surface area (Å²) in [5.41, 5.74) is 0.680. The van der Waals surface area contributed by atoms with Crippen molar-refractivity contribution >= 4 is 37.6 Å². The van der Waals surface area contributed by atoms with Gasteiger partial charge >= 0.3 is 0 Å². The van der Waals surface area contributed by atoms with Crippen LogP contribution in [0.4, 0.5) is 4.39 Å². The molecule has 82 valence electrons. The van der Waals surface area contributed by atoms with E-state index in [1.807, 2.05) is 0 Å². The highest BCUT2D eigenvalue weighted by atomic mass is 79.9. The van der Waals surface area contributed by atoms with E-state index >= 15 is 0 Å². The first-order chi connectivity index (χ1) is 7.19. The molecule has 5 heteroatoms. The molecule has 0 heterocycles. The van der Waals surface area contributed by atoms with E-state index in [-0.39, 0.29) is 17.5 Å². The van der Waals surface area contributed by atoms with Crippen LogP contribution in [0, 0.1) is 0 Å². The van der Waals surface area contributed by atoms with E-state index in [4.69, 9.17) is 4.74 Å². The number of rotatable bonds is 5. The summed E-state index contributed by atoms with van der Waals surface area (Å²) in [6.07, 6.45) is 0.224. The lowest BCUT2D eigenvalue weighted by molar-refractivity contribution is -0.115. The second-order valence-corrected chi connectivity index (χ2v) is 4.23. The number of carbonyl (C=O) groups excluding carboxylic acids is 1. The molecule has 0 bridgehead atoms. The van der Waals surface area contributed by atoms with Crippen LogP contribution >= 0.6 is 31.9 Å². The van der Waals surface area contributed by atoms with Gasteiger partial charge in [0.15, 0.2) is 0 Å². The molecule has 0 saturated heterocycles. The minimum Gasteiger partial charge on any atom is -0.463 e. The molecule has 0 aliphatic heterocycles. The van der Waals surface area contributed by atoms with Gasteiger partial charge in [-0.2, -0.15) is 0 Å². The van der Waals surface area contributed by atoms with Gasteiger partial charge in [0, 0.05) is 16.5 Å². The summed E-state index contributed by atoms with van der Waals surface area (Å²) >= 11 is 6.39. The Morgan fingerprint density at radius 3 is 2.80 bits per heavy atom. The van der Waals surface area contributed by atoms with Crippen LogP contribution in [0.5, 0.6) is 5.75 Å². The summed E-state index contributed by atoms with van der Waals surface area (Å²) in [6.45, 7) is -0.897. The van der Waals surface area contributed by atoms with E-state index in [1.165, 1.54) is 0 Å². The number of carbonyl (C=O) groups is 1. The number of hydrogen-bond donors (Lipinski definition) is 0. The van der Waals surface area contributed by atoms with Crippen LogP contribution in [0.25, 0.3) is 0 Å². The third-order valence-electron chi connectivity index (χ3n) is 1.81. The van der Waals surface area contributed by atoms with Crippen LogP contribution in [0.1, 0.15) is 5.56 Å². The topological polar surface area (TPSA) is 26.3 Å². The van der Waals surface area contributed by atoms with E-state index < -0.39 is 6.86 Å². The molecular weight excluding hydrogens is 331 g/mol. The minimum absolute atomic E-state index is 0.0191. The van der Waals surface area contributed by atoms with E-state index in [0.29, 0.717) is 11.3 Å². The van der Waals surface area contributed by atoms with Crippen molar-refractivity contribution < 1.29 is 13.9 Å². The number of halogens is 3. The average molecular weight is 340 g/mol. The van der Waals surface area contributed by atoms with Crippen molar-refractivity contribution in [1.82, 2.24) is 0 Å². The van der Waals surface area contributed by atoms with Gasteiger partial charge in [0.25, 0.3) is 0 Å². The summed E-state index contributed by atoms with van der Waals surface area (Å²) in [4.78, 5) is 11.3. The maximum absolute atomic E-state index is 12.1. The molecule has 0 fully saturated rings. The fraction of sp³-hybridized carbons (Fsp3) is 0.300. The van der Waals surface area contributed by atoms with Crippen LogP contribution in [-0.4, -0.2) is 18.0 Å². The molecule has 0 aliphatic carbocycles. The molecule has 1 aromatic carbocycles. The Morgan fingerprint density at radius 1 is 1.47 bits per heavy atom. The molecule has 0 aromatic heterocycles. The first kappa shape index (κ1) is 12.6. The van der Waals surface area contributed by atoms with Crippen molar-refractivity contribution in [3.8, 4) is 5.75 Å². The van der Waals surface area contributed by atoms with Gasteiger partial charge in [-0.25, -0.2) is 4.39 Å². The fourth-order valence-electron chi connectivity index (χ4n) is 1.15. The highest BCUT2D eigenvalue weighted by Gasteiger charge is 2.11. The molecule has 15 heavy (non-hydrogen) atoms. The van der Waals surface area contributed by atoms with Gasteiger partial charge in [0.2, 0.25) is 6.86 Å². The Morgan fingerprint density at radius 2 is 2.20 bits per heavy atom. The van der Waals surface area contributed by atoms with Crippen molar-refractivity contribution in [3.63, 3.8) is 0 Å². The lowest BCUT2D eigenvalue weighted by Gasteiger charge is -2.09. The normalized spacial score (nSPS) is 10.1. The molecule has 0 radical (unpaired) electrons. The maximum atomic E-state index is 12.1. The monoisotopic (exact) mass is 338 g/mol. The standard InChI is InChI=1S/C10H9Br2FO2/c11-5-7(14)4-8-9(12)2-1-3-10(8)15-6-13/h1-3H,4-6H2. The van der Waals surface area contributed by atoms with Crippen molar-refractivity contribution in [1.29, 1.82) is 0 Å². The molecule has 2 nitrogen and oxygen atoms in total. The molecule has 0 spiro atoms. The molecule has 0 amide bonds. The molecular formula is C10H9Br2FO2. The Kier molecular flexibility index (Phi) is 5.25. The quantitative estimate of drug-likeness (QED) is 0.770. The van der Waals surface area contributed by atoms with Crippen LogP contribution < -0.4 is 4.74 Å². The van der Waals surface area contributed by atoms with Gasteiger partial charge in [-0.15, -0.1) is 0 Å². The largest absolute Gasteiger partial charge is 0.463 e. The van der Waals surface area contributed by atoms with Gasteiger partial charge in [0.05, 0.1) is 5.33 Å². The first-order valence-corrected chi connectivity index (χ1v) is 6.14. The summed E-state index contributed by atoms with van der Waals surface area (Å²) in [6, 6.07) is 5.17. The molecule has 0 N–H and O–H groups in total. The second kappa shape index (κ2) is 6.23. The third kappa shape index (κ3) is 3.57. The lowest BCUT2D eigenvalue weighted by Crippen LogP contribution is -2.06. The zero-order valence-electron chi connectivity index (χ0n) is 7.80. The van der Waals surface area contributed by atoms with Crippen molar-refractivity contribution in [2.75, 3.05) is 12.2 Å². The number of alkyl halides is 2. The van der Waals surface area contributed by atoms with E-state index in [9.17, 15) is 9.18 Å². The zero-order chi connectivity index (χ0) is 11.3. The van der Waals surface area contributed by atoms with E-state index in [2.05, 4.69) is 31.9 Å². The number of Topliss-reactive ketones (excluding diaryl/α,β-unsaturated/α-hetero) is 1. The lowest BCUT2D eigenvalue weighted by atomic mass is 10.1. The number of ketones is 1.